The number of halogens is 2. The summed E-state index contributed by atoms with van der Waals surface area (Å²) in [4.78, 5) is 11.6. The first kappa shape index (κ1) is 11.7. The van der Waals surface area contributed by atoms with E-state index < -0.39 is 0 Å². The van der Waals surface area contributed by atoms with Gasteiger partial charge in [-0.1, -0.05) is 44.0 Å². The summed E-state index contributed by atoms with van der Waals surface area (Å²) >= 11 is 6.59. The molecule has 1 rings (SSSR count). The van der Waals surface area contributed by atoms with Crippen molar-refractivity contribution in [2.45, 2.75) is 17.1 Å². The average molecular weight is 321 g/mol. The van der Waals surface area contributed by atoms with Gasteiger partial charge in [-0.3, -0.25) is 4.79 Å². The Balaban J connectivity index is 3.23. The van der Waals surface area contributed by atoms with Gasteiger partial charge in [-0.25, -0.2) is 0 Å². The van der Waals surface area contributed by atoms with Gasteiger partial charge in [0.25, 0.3) is 0 Å². The first-order valence-electron chi connectivity index (χ1n) is 4.19. The predicted octanol–water partition coefficient (Wildman–Crippen LogP) is 3.13. The van der Waals surface area contributed by atoms with Crippen LogP contribution in [0.5, 0.6) is 0 Å². The number of nitrogens with two attached hydrogens (primary N) is 1. The fraction of sp³-hybridized carbons (Fsp3) is 0.300. The maximum absolute atomic E-state index is 11.8. The van der Waals surface area contributed by atoms with Crippen molar-refractivity contribution in [2.24, 2.45) is 0 Å². The monoisotopic (exact) mass is 319 g/mol. The lowest BCUT2D eigenvalue weighted by Crippen LogP contribution is -2.14. The molecular weight excluding hydrogens is 310 g/mol. The van der Waals surface area contributed by atoms with E-state index in [0.717, 1.165) is 5.56 Å². The second-order valence-corrected chi connectivity index (χ2v) is 4.93. The van der Waals surface area contributed by atoms with Crippen LogP contribution >= 0.6 is 31.9 Å². The zero-order chi connectivity index (χ0) is 10.7. The van der Waals surface area contributed by atoms with Crippen molar-refractivity contribution in [3.63, 3.8) is 0 Å². The van der Waals surface area contributed by atoms with E-state index in [0.29, 0.717) is 16.6 Å². The van der Waals surface area contributed by atoms with Gasteiger partial charge in [-0.05, 0) is 18.6 Å². The first-order chi connectivity index (χ1) is 6.57. The maximum atomic E-state index is 11.8. The van der Waals surface area contributed by atoms with Crippen LogP contribution < -0.4 is 5.73 Å². The quantitative estimate of drug-likeness (QED) is 0.528. The molecule has 0 aromatic heterocycles. The molecule has 4 heteroatoms. The number of ketones is 1. The van der Waals surface area contributed by atoms with Crippen molar-refractivity contribution in [1.82, 2.24) is 0 Å². The molecule has 0 spiro atoms. The van der Waals surface area contributed by atoms with Crippen LogP contribution in [0.15, 0.2) is 18.2 Å². The average Bonchev–Trinajstić information content (AvgIpc) is 2.16. The second kappa shape index (κ2) is 4.94. The molecule has 0 amide bonds. The van der Waals surface area contributed by atoms with Gasteiger partial charge >= 0.3 is 0 Å². The highest BCUT2D eigenvalue weighted by Crippen LogP contribution is 2.22. The summed E-state index contributed by atoms with van der Waals surface area (Å²) < 4.78 is 0. The van der Waals surface area contributed by atoms with Crippen LogP contribution in [0.2, 0.25) is 0 Å². The van der Waals surface area contributed by atoms with E-state index >= 15 is 0 Å². The lowest BCUT2D eigenvalue weighted by atomic mass is 10.0. The third-order valence-electron chi connectivity index (χ3n) is 1.93. The fourth-order valence-corrected chi connectivity index (χ4v) is 1.93. The van der Waals surface area contributed by atoms with E-state index in [4.69, 9.17) is 5.73 Å². The van der Waals surface area contributed by atoms with Crippen LogP contribution in [0.25, 0.3) is 0 Å². The van der Waals surface area contributed by atoms with Crippen molar-refractivity contribution in [1.29, 1.82) is 0 Å². The second-order valence-electron chi connectivity index (χ2n) is 3.00. The molecule has 1 aromatic rings. The molecular formula is C10H11Br2NO. The van der Waals surface area contributed by atoms with Crippen molar-refractivity contribution in [2.75, 3.05) is 5.73 Å². The summed E-state index contributed by atoms with van der Waals surface area (Å²) in [6, 6.07) is 5.49. The van der Waals surface area contributed by atoms with Crippen LogP contribution in [0.1, 0.15) is 22.8 Å². The number of nitrogen functional groups attached to an aromatic ring is 1. The predicted molar refractivity (Wildman–Crippen MR) is 66.2 cm³/mol. The molecule has 0 aliphatic rings. The minimum absolute atomic E-state index is 0.0255. The van der Waals surface area contributed by atoms with Gasteiger partial charge in [0.05, 0.1) is 4.83 Å². The summed E-state index contributed by atoms with van der Waals surface area (Å²) in [7, 11) is 0. The van der Waals surface area contributed by atoms with E-state index in [-0.39, 0.29) is 10.6 Å². The van der Waals surface area contributed by atoms with Gasteiger partial charge in [-0.2, -0.15) is 0 Å². The molecule has 2 nitrogen and oxygen atoms in total. The van der Waals surface area contributed by atoms with Crippen molar-refractivity contribution in [3.05, 3.63) is 29.3 Å². The molecule has 0 bridgehead atoms. The standard InChI is InChI=1S/C10H11Br2NO/c1-6(12)10(14)9-7(5-11)3-2-4-8(9)13/h2-4,6H,5,13H2,1H3. The Hall–Kier alpha value is -0.350. The molecule has 2 N–H and O–H groups in total. The van der Waals surface area contributed by atoms with Gasteiger partial charge in [0.15, 0.2) is 5.78 Å². The van der Waals surface area contributed by atoms with Crippen LogP contribution in [0.3, 0.4) is 0 Å². The van der Waals surface area contributed by atoms with Gasteiger partial charge < -0.3 is 5.73 Å². The number of carbonyl (C=O) groups is 1. The maximum Gasteiger partial charge on any atom is 0.178 e. The van der Waals surface area contributed by atoms with E-state index in [1.165, 1.54) is 0 Å². The number of hydrogen-bond acceptors (Lipinski definition) is 2. The lowest BCUT2D eigenvalue weighted by molar-refractivity contribution is 0.0996. The van der Waals surface area contributed by atoms with Gasteiger partial charge in [0.1, 0.15) is 0 Å². The molecule has 0 fully saturated rings. The number of Topliss-reactive ketones (excluding diaryl/α,β-unsaturated/α-hetero) is 1. The Kier molecular flexibility index (Phi) is 4.13. The highest BCUT2D eigenvalue weighted by Gasteiger charge is 2.17. The zero-order valence-electron chi connectivity index (χ0n) is 7.76. The highest BCUT2D eigenvalue weighted by atomic mass is 79.9. The van der Waals surface area contributed by atoms with Crippen LogP contribution in [0.4, 0.5) is 5.69 Å². The Labute approximate surface area is 100 Å². The normalized spacial score (nSPS) is 12.5. The Morgan fingerprint density at radius 2 is 2.21 bits per heavy atom. The lowest BCUT2D eigenvalue weighted by Gasteiger charge is -2.10. The van der Waals surface area contributed by atoms with Gasteiger partial charge in [0.2, 0.25) is 0 Å². The van der Waals surface area contributed by atoms with E-state index in [1.807, 2.05) is 12.1 Å². The van der Waals surface area contributed by atoms with E-state index in [2.05, 4.69) is 31.9 Å². The number of alkyl halides is 2. The van der Waals surface area contributed by atoms with Crippen LogP contribution in [-0.2, 0) is 5.33 Å². The molecule has 76 valence electrons. The zero-order valence-corrected chi connectivity index (χ0v) is 10.9. The number of benzene rings is 1. The Morgan fingerprint density at radius 3 is 2.71 bits per heavy atom. The van der Waals surface area contributed by atoms with Gasteiger partial charge in [-0.15, -0.1) is 0 Å². The fourth-order valence-electron chi connectivity index (χ4n) is 1.23. The summed E-state index contributed by atoms with van der Waals surface area (Å²) in [6.45, 7) is 1.80. The van der Waals surface area contributed by atoms with Crippen molar-refractivity contribution in [3.8, 4) is 0 Å². The molecule has 0 radical (unpaired) electrons. The SMILES string of the molecule is CC(Br)C(=O)c1c(N)cccc1CBr. The Morgan fingerprint density at radius 1 is 1.57 bits per heavy atom. The topological polar surface area (TPSA) is 43.1 Å². The smallest absolute Gasteiger partial charge is 0.178 e. The van der Waals surface area contributed by atoms with E-state index in [9.17, 15) is 4.79 Å². The third kappa shape index (κ3) is 2.36. The molecule has 0 saturated carbocycles. The molecule has 0 saturated heterocycles. The van der Waals surface area contributed by atoms with Crippen molar-refractivity contribution >= 4 is 43.3 Å². The first-order valence-corrected chi connectivity index (χ1v) is 6.23. The summed E-state index contributed by atoms with van der Waals surface area (Å²) in [5, 5.41) is 0.638. The van der Waals surface area contributed by atoms with Crippen LogP contribution in [-0.4, -0.2) is 10.6 Å². The van der Waals surface area contributed by atoms with Gasteiger partial charge in [0, 0.05) is 16.6 Å². The molecule has 1 atom stereocenters. The molecule has 1 aromatic carbocycles. The highest BCUT2D eigenvalue weighted by molar-refractivity contribution is 9.10. The molecule has 0 heterocycles. The molecule has 1 unspecified atom stereocenters. The molecule has 0 aliphatic heterocycles. The summed E-state index contributed by atoms with van der Waals surface area (Å²) in [5.74, 6) is 0.0255. The molecule has 0 aliphatic carbocycles. The van der Waals surface area contributed by atoms with E-state index in [1.54, 1.807) is 13.0 Å². The molecule has 14 heavy (non-hydrogen) atoms. The van der Waals surface area contributed by atoms with Crippen molar-refractivity contribution < 1.29 is 4.79 Å². The number of hydrogen-bond donors (Lipinski definition) is 1. The third-order valence-corrected chi connectivity index (χ3v) is 2.95. The summed E-state index contributed by atoms with van der Waals surface area (Å²) in [5.41, 5.74) is 7.86. The minimum atomic E-state index is -0.204. The Bertz CT molecular complexity index is 350. The largest absolute Gasteiger partial charge is 0.398 e. The summed E-state index contributed by atoms with van der Waals surface area (Å²) in [6.07, 6.45) is 0. The number of anilines is 1. The minimum Gasteiger partial charge on any atom is -0.398 e. The van der Waals surface area contributed by atoms with Crippen LogP contribution in [0, 0.1) is 0 Å². The number of rotatable bonds is 3. The number of carbonyl (C=O) groups excluding carboxylic acids is 1.